The summed E-state index contributed by atoms with van der Waals surface area (Å²) in [6.07, 6.45) is 1.66. The normalized spacial score (nSPS) is 30.9. The van der Waals surface area contributed by atoms with E-state index in [1.165, 1.54) is 4.90 Å². The Bertz CT molecular complexity index is 444. The van der Waals surface area contributed by atoms with Crippen molar-refractivity contribution in [2.45, 2.75) is 25.2 Å². The van der Waals surface area contributed by atoms with E-state index in [9.17, 15) is 0 Å². The van der Waals surface area contributed by atoms with Crippen LogP contribution in [-0.4, -0.2) is 30.7 Å². The van der Waals surface area contributed by atoms with Crippen molar-refractivity contribution in [3.8, 4) is 5.75 Å². The van der Waals surface area contributed by atoms with Crippen molar-refractivity contribution in [3.63, 3.8) is 0 Å². The lowest BCUT2D eigenvalue weighted by Gasteiger charge is -2.42. The lowest BCUT2D eigenvalue weighted by atomic mass is 10.0. The Labute approximate surface area is 115 Å². The minimum absolute atomic E-state index is 0.194. The maximum absolute atomic E-state index is 9.14. The fourth-order valence-electron chi connectivity index (χ4n) is 2.59. The van der Waals surface area contributed by atoms with Crippen LogP contribution in [0.3, 0.4) is 0 Å². The Kier molecular flexibility index (Phi) is 3.32. The average molecular weight is 315 g/mol. The van der Waals surface area contributed by atoms with E-state index in [1.807, 2.05) is 18.2 Å². The topological polar surface area (TPSA) is 43.1 Å². The summed E-state index contributed by atoms with van der Waals surface area (Å²) in [6, 6.07) is 6.03. The molecule has 0 amide bonds. The van der Waals surface area contributed by atoms with E-state index in [4.69, 9.17) is 14.6 Å². The first-order valence-electron chi connectivity index (χ1n) is 6.27. The van der Waals surface area contributed by atoms with Gasteiger partial charge in [-0.2, -0.15) is 0 Å². The zero-order valence-electron chi connectivity index (χ0n) is 10.1. The average Bonchev–Trinajstić information content (AvgIpc) is 2.40. The first-order valence-corrected chi connectivity index (χ1v) is 7.06. The van der Waals surface area contributed by atoms with Gasteiger partial charge in [0.1, 0.15) is 5.75 Å². The number of hydrogen-bond donors (Lipinski definition) is 2. The maximum Gasteiger partial charge on any atom is 0.221 e. The van der Waals surface area contributed by atoms with Gasteiger partial charge in [0.25, 0.3) is 0 Å². The summed E-state index contributed by atoms with van der Waals surface area (Å²) in [6.45, 7) is 2.58. The second-order valence-corrected chi connectivity index (χ2v) is 5.88. The van der Waals surface area contributed by atoms with E-state index in [1.54, 1.807) is 0 Å². The minimum Gasteiger partial charge on any atom is -0.461 e. The molecule has 3 rings (SSSR count). The van der Waals surface area contributed by atoms with E-state index < -0.39 is 5.79 Å². The summed E-state index contributed by atoms with van der Waals surface area (Å²) in [5.41, 5.74) is 1.09. The molecule has 4 nitrogen and oxygen atoms in total. The first kappa shape index (κ1) is 12.4. The van der Waals surface area contributed by atoms with Gasteiger partial charge >= 0.3 is 0 Å². The molecule has 1 fully saturated rings. The van der Waals surface area contributed by atoms with Crippen molar-refractivity contribution >= 4 is 15.9 Å². The number of aliphatic hydroxyl groups is 1. The van der Waals surface area contributed by atoms with Crippen LogP contribution in [0.2, 0.25) is 0 Å². The Morgan fingerprint density at radius 2 is 2.11 bits per heavy atom. The summed E-state index contributed by atoms with van der Waals surface area (Å²) in [5.74, 6) is 0.455. The second-order valence-electron chi connectivity index (χ2n) is 4.96. The van der Waals surface area contributed by atoms with E-state index in [0.717, 1.165) is 41.7 Å². The Morgan fingerprint density at radius 1 is 1.33 bits per heavy atom. The van der Waals surface area contributed by atoms with Crippen LogP contribution in [0.4, 0.5) is 0 Å². The smallest absolute Gasteiger partial charge is 0.221 e. The third-order valence-electron chi connectivity index (χ3n) is 3.75. The molecule has 2 aliphatic rings. The van der Waals surface area contributed by atoms with Crippen LogP contribution in [0.5, 0.6) is 5.75 Å². The zero-order chi connectivity index (χ0) is 12.6. The van der Waals surface area contributed by atoms with Crippen molar-refractivity contribution in [1.29, 1.82) is 0 Å². The van der Waals surface area contributed by atoms with Crippen LogP contribution in [0.1, 0.15) is 18.4 Å². The van der Waals surface area contributed by atoms with Crippen LogP contribution in [0, 0.1) is 0 Å². The Morgan fingerprint density at radius 3 is 2.83 bits per heavy atom. The highest BCUT2D eigenvalue weighted by Crippen LogP contribution is 2.36. The van der Waals surface area contributed by atoms with Crippen LogP contribution in [-0.2, 0) is 11.3 Å². The number of nitrogens with one attached hydrogen (secondary N) is 1. The number of likely N-dealkylation sites (tertiary alicyclic amines) is 1. The van der Waals surface area contributed by atoms with Crippen molar-refractivity contribution < 1.29 is 19.5 Å². The molecule has 5 heteroatoms. The Hall–Kier alpha value is -0.620. The molecule has 0 radical (unpaired) electrons. The van der Waals surface area contributed by atoms with Gasteiger partial charge in [0.2, 0.25) is 5.79 Å². The molecule has 1 aromatic carbocycles. The van der Waals surface area contributed by atoms with E-state index >= 15 is 0 Å². The largest absolute Gasteiger partial charge is 0.461 e. The first-order chi connectivity index (χ1) is 8.71. The summed E-state index contributed by atoms with van der Waals surface area (Å²) >= 11 is 3.45. The molecule has 1 saturated heterocycles. The van der Waals surface area contributed by atoms with E-state index in [-0.39, 0.29) is 6.73 Å². The van der Waals surface area contributed by atoms with Gasteiger partial charge in [-0.05, 0) is 18.2 Å². The van der Waals surface area contributed by atoms with Gasteiger partial charge < -0.3 is 19.5 Å². The number of fused-ring (bicyclic) bond motifs is 1. The minimum atomic E-state index is -0.473. The van der Waals surface area contributed by atoms with Gasteiger partial charge in [-0.1, -0.05) is 15.9 Å². The monoisotopic (exact) mass is 314 g/mol. The molecular formula is C13H17BrNO3+. The van der Waals surface area contributed by atoms with Crippen LogP contribution < -0.4 is 9.64 Å². The fraction of sp³-hybridized carbons (Fsp3) is 0.538. The molecule has 0 aliphatic carbocycles. The van der Waals surface area contributed by atoms with Gasteiger partial charge in [-0.3, -0.25) is 0 Å². The number of rotatable bonds is 1. The zero-order valence-corrected chi connectivity index (χ0v) is 11.7. The fourth-order valence-corrected chi connectivity index (χ4v) is 3.00. The van der Waals surface area contributed by atoms with E-state index in [2.05, 4.69) is 15.9 Å². The van der Waals surface area contributed by atoms with Gasteiger partial charge in [-0.15, -0.1) is 0 Å². The third-order valence-corrected chi connectivity index (χ3v) is 4.24. The van der Waals surface area contributed by atoms with Gasteiger partial charge in [0.05, 0.1) is 32.5 Å². The molecule has 2 aliphatic heterocycles. The lowest BCUT2D eigenvalue weighted by molar-refractivity contribution is -0.927. The predicted molar refractivity (Wildman–Crippen MR) is 69.3 cm³/mol. The molecule has 1 aromatic rings. The van der Waals surface area contributed by atoms with Gasteiger partial charge in [-0.25, -0.2) is 0 Å². The van der Waals surface area contributed by atoms with Crippen LogP contribution in [0.15, 0.2) is 22.7 Å². The highest BCUT2D eigenvalue weighted by molar-refractivity contribution is 9.10. The summed E-state index contributed by atoms with van der Waals surface area (Å²) < 4.78 is 13.1. The predicted octanol–water partition coefficient (Wildman–Crippen LogP) is 0.683. The molecule has 0 saturated carbocycles. The summed E-state index contributed by atoms with van der Waals surface area (Å²) in [4.78, 5) is 1.20. The molecule has 0 atom stereocenters. The second kappa shape index (κ2) is 4.81. The van der Waals surface area contributed by atoms with Crippen molar-refractivity contribution in [2.75, 3.05) is 19.8 Å². The number of hydrogen-bond acceptors (Lipinski definition) is 3. The number of quaternary nitrogens is 1. The highest BCUT2D eigenvalue weighted by atomic mass is 79.9. The van der Waals surface area contributed by atoms with Crippen molar-refractivity contribution in [1.82, 2.24) is 0 Å². The summed E-state index contributed by atoms with van der Waals surface area (Å²) in [5, 5.41) is 9.14. The molecule has 0 unspecified atom stereocenters. The molecule has 18 heavy (non-hydrogen) atoms. The van der Waals surface area contributed by atoms with Crippen molar-refractivity contribution in [3.05, 3.63) is 28.2 Å². The Balaban J connectivity index is 1.76. The lowest BCUT2D eigenvalue weighted by Crippen LogP contribution is -3.13. The summed E-state index contributed by atoms with van der Waals surface area (Å²) in [7, 11) is 0. The number of benzene rings is 1. The number of halogens is 1. The van der Waals surface area contributed by atoms with Crippen molar-refractivity contribution in [2.24, 2.45) is 0 Å². The van der Waals surface area contributed by atoms with Crippen LogP contribution in [0.25, 0.3) is 0 Å². The molecule has 0 bridgehead atoms. The number of aliphatic hydroxyl groups excluding tert-OH is 1. The van der Waals surface area contributed by atoms with E-state index in [0.29, 0.717) is 6.61 Å². The molecule has 1 spiro atoms. The number of ether oxygens (including phenoxy) is 2. The molecule has 98 valence electrons. The standard InChI is InChI=1S/C13H16BrNO3/c14-11-1-2-12-10(7-11)8-17-13(18-12)3-5-15(9-16)6-4-13/h1-2,7,16H,3-6,8-9H2/p+1. The highest BCUT2D eigenvalue weighted by Gasteiger charge is 2.42. The number of piperidine rings is 1. The molecular weight excluding hydrogens is 298 g/mol. The SMILES string of the molecule is OC[NH+]1CCC2(CC1)OCc1cc(Br)ccc1O2. The molecule has 2 N–H and O–H groups in total. The molecule has 0 aromatic heterocycles. The maximum atomic E-state index is 9.14. The quantitative estimate of drug-likeness (QED) is 0.801. The van der Waals surface area contributed by atoms with Gasteiger partial charge in [0, 0.05) is 10.0 Å². The van der Waals surface area contributed by atoms with Gasteiger partial charge in [0.15, 0.2) is 6.73 Å². The third kappa shape index (κ3) is 2.28. The molecule has 2 heterocycles. The van der Waals surface area contributed by atoms with Crippen LogP contribution >= 0.6 is 15.9 Å².